The third-order valence-electron chi connectivity index (χ3n) is 3.73. The summed E-state index contributed by atoms with van der Waals surface area (Å²) in [4.78, 5) is 12.3. The quantitative estimate of drug-likeness (QED) is 0.838. The van der Waals surface area contributed by atoms with Crippen molar-refractivity contribution in [2.24, 2.45) is 5.92 Å². The normalized spacial score (nSPS) is 23.7. The Kier molecular flexibility index (Phi) is 4.02. The first kappa shape index (κ1) is 13.1. The standard InChI is InChI=1S/C15H22N2O/c1-10-4-5-13(11(2)8-10)15(18)17-14-6-7-16-9-12(14)3/h4-5,8,12,14,16H,6-7,9H2,1-3H3,(H,17,18)/t12-,14-/m1/s1. The number of hydrogen-bond acceptors (Lipinski definition) is 2. The molecule has 18 heavy (non-hydrogen) atoms. The van der Waals surface area contributed by atoms with Gasteiger partial charge in [0.1, 0.15) is 0 Å². The van der Waals surface area contributed by atoms with E-state index in [1.807, 2.05) is 26.0 Å². The molecule has 2 N–H and O–H groups in total. The molecule has 2 rings (SSSR count). The van der Waals surface area contributed by atoms with E-state index in [2.05, 4.69) is 23.6 Å². The summed E-state index contributed by atoms with van der Waals surface area (Å²) in [7, 11) is 0. The van der Waals surface area contributed by atoms with Gasteiger partial charge in [-0.3, -0.25) is 4.79 Å². The summed E-state index contributed by atoms with van der Waals surface area (Å²) in [5.41, 5.74) is 3.04. The van der Waals surface area contributed by atoms with Crippen LogP contribution in [0.25, 0.3) is 0 Å². The molecule has 0 radical (unpaired) electrons. The van der Waals surface area contributed by atoms with Crippen LogP contribution in [-0.4, -0.2) is 25.0 Å². The van der Waals surface area contributed by atoms with E-state index in [1.165, 1.54) is 5.56 Å². The lowest BCUT2D eigenvalue weighted by Gasteiger charge is -2.30. The number of aryl methyl sites for hydroxylation is 2. The highest BCUT2D eigenvalue weighted by Crippen LogP contribution is 2.14. The van der Waals surface area contributed by atoms with Gasteiger partial charge in [0.05, 0.1) is 0 Å². The van der Waals surface area contributed by atoms with E-state index in [0.717, 1.165) is 30.6 Å². The maximum Gasteiger partial charge on any atom is 0.251 e. The van der Waals surface area contributed by atoms with Crippen LogP contribution in [0, 0.1) is 19.8 Å². The van der Waals surface area contributed by atoms with Gasteiger partial charge in [0.2, 0.25) is 0 Å². The third-order valence-corrected chi connectivity index (χ3v) is 3.73. The molecular weight excluding hydrogens is 224 g/mol. The molecule has 0 bridgehead atoms. The van der Waals surface area contributed by atoms with Crippen LogP contribution in [0.2, 0.25) is 0 Å². The van der Waals surface area contributed by atoms with E-state index in [4.69, 9.17) is 0 Å². The van der Waals surface area contributed by atoms with Crippen LogP contribution in [-0.2, 0) is 0 Å². The van der Waals surface area contributed by atoms with E-state index >= 15 is 0 Å². The minimum Gasteiger partial charge on any atom is -0.349 e. The largest absolute Gasteiger partial charge is 0.349 e. The van der Waals surface area contributed by atoms with E-state index in [9.17, 15) is 4.79 Å². The summed E-state index contributed by atoms with van der Waals surface area (Å²) in [6.07, 6.45) is 1.01. The number of carbonyl (C=O) groups excluding carboxylic acids is 1. The SMILES string of the molecule is Cc1ccc(C(=O)N[C@@H]2CCNC[C@H]2C)c(C)c1. The number of amides is 1. The molecule has 1 saturated heterocycles. The highest BCUT2D eigenvalue weighted by molar-refractivity contribution is 5.95. The van der Waals surface area contributed by atoms with Crippen molar-refractivity contribution in [3.63, 3.8) is 0 Å². The van der Waals surface area contributed by atoms with Gasteiger partial charge in [0.25, 0.3) is 5.91 Å². The fraction of sp³-hybridized carbons (Fsp3) is 0.533. The summed E-state index contributed by atoms with van der Waals surface area (Å²) >= 11 is 0. The number of hydrogen-bond donors (Lipinski definition) is 2. The van der Waals surface area contributed by atoms with Gasteiger partial charge in [0.15, 0.2) is 0 Å². The molecule has 1 aromatic carbocycles. The van der Waals surface area contributed by atoms with Gasteiger partial charge < -0.3 is 10.6 Å². The Labute approximate surface area is 109 Å². The molecule has 1 amide bonds. The number of benzene rings is 1. The monoisotopic (exact) mass is 246 g/mol. The first-order valence-electron chi connectivity index (χ1n) is 6.67. The smallest absolute Gasteiger partial charge is 0.251 e. The van der Waals surface area contributed by atoms with Crippen molar-refractivity contribution in [3.8, 4) is 0 Å². The summed E-state index contributed by atoms with van der Waals surface area (Å²) in [5.74, 6) is 0.555. The highest BCUT2D eigenvalue weighted by atomic mass is 16.1. The molecule has 98 valence electrons. The van der Waals surface area contributed by atoms with E-state index in [0.29, 0.717) is 12.0 Å². The van der Waals surface area contributed by atoms with Crippen LogP contribution in [0.5, 0.6) is 0 Å². The Bertz CT molecular complexity index is 442. The molecule has 3 nitrogen and oxygen atoms in total. The number of carbonyl (C=O) groups is 1. The summed E-state index contributed by atoms with van der Waals surface area (Å²) in [6, 6.07) is 6.26. The molecule has 3 heteroatoms. The van der Waals surface area contributed by atoms with Crippen LogP contribution in [0.3, 0.4) is 0 Å². The van der Waals surface area contributed by atoms with E-state index in [-0.39, 0.29) is 5.91 Å². The molecule has 0 unspecified atom stereocenters. The van der Waals surface area contributed by atoms with Crippen LogP contribution in [0.15, 0.2) is 18.2 Å². The van der Waals surface area contributed by atoms with Gasteiger partial charge >= 0.3 is 0 Å². The lowest BCUT2D eigenvalue weighted by molar-refractivity contribution is 0.0913. The minimum atomic E-state index is 0.0613. The molecule has 2 atom stereocenters. The molecule has 1 heterocycles. The molecule has 0 saturated carbocycles. The van der Waals surface area contributed by atoms with Crippen molar-refractivity contribution >= 4 is 5.91 Å². The maximum absolute atomic E-state index is 12.3. The van der Waals surface area contributed by atoms with Crippen molar-refractivity contribution in [2.75, 3.05) is 13.1 Å². The van der Waals surface area contributed by atoms with Gasteiger partial charge in [-0.05, 0) is 50.9 Å². The third kappa shape index (κ3) is 2.91. The van der Waals surface area contributed by atoms with Crippen LogP contribution < -0.4 is 10.6 Å². The Hall–Kier alpha value is -1.35. The van der Waals surface area contributed by atoms with Crippen LogP contribution >= 0.6 is 0 Å². The van der Waals surface area contributed by atoms with Gasteiger partial charge in [-0.1, -0.05) is 24.6 Å². The van der Waals surface area contributed by atoms with Crippen molar-refractivity contribution in [3.05, 3.63) is 34.9 Å². The fourth-order valence-corrected chi connectivity index (χ4v) is 2.54. The molecule has 1 aromatic rings. The zero-order valence-corrected chi connectivity index (χ0v) is 11.4. The van der Waals surface area contributed by atoms with Crippen molar-refractivity contribution in [2.45, 2.75) is 33.2 Å². The topological polar surface area (TPSA) is 41.1 Å². The summed E-state index contributed by atoms with van der Waals surface area (Å²) < 4.78 is 0. The molecule has 0 spiro atoms. The molecule has 1 aliphatic heterocycles. The van der Waals surface area contributed by atoms with Crippen molar-refractivity contribution in [1.29, 1.82) is 0 Å². The Morgan fingerprint density at radius 2 is 2.17 bits per heavy atom. The zero-order chi connectivity index (χ0) is 13.1. The van der Waals surface area contributed by atoms with Crippen LogP contribution in [0.4, 0.5) is 0 Å². The van der Waals surface area contributed by atoms with E-state index < -0.39 is 0 Å². The highest BCUT2D eigenvalue weighted by Gasteiger charge is 2.23. The Morgan fingerprint density at radius 1 is 1.39 bits per heavy atom. The second kappa shape index (κ2) is 5.53. The predicted molar refractivity (Wildman–Crippen MR) is 73.8 cm³/mol. The molecule has 1 aliphatic rings. The average Bonchev–Trinajstić information content (AvgIpc) is 2.32. The lowest BCUT2D eigenvalue weighted by Crippen LogP contribution is -2.48. The average molecular weight is 246 g/mol. The number of nitrogens with one attached hydrogen (secondary N) is 2. The molecule has 0 aliphatic carbocycles. The summed E-state index contributed by atoms with van der Waals surface area (Å²) in [6.45, 7) is 8.19. The number of piperidine rings is 1. The second-order valence-corrected chi connectivity index (χ2v) is 5.37. The number of rotatable bonds is 2. The van der Waals surface area contributed by atoms with Crippen molar-refractivity contribution in [1.82, 2.24) is 10.6 Å². The maximum atomic E-state index is 12.3. The fourth-order valence-electron chi connectivity index (χ4n) is 2.54. The zero-order valence-electron chi connectivity index (χ0n) is 11.4. The molecule has 1 fully saturated rings. The van der Waals surface area contributed by atoms with Gasteiger partial charge in [-0.25, -0.2) is 0 Å². The molecule has 0 aromatic heterocycles. The van der Waals surface area contributed by atoms with E-state index in [1.54, 1.807) is 0 Å². The van der Waals surface area contributed by atoms with Crippen molar-refractivity contribution < 1.29 is 4.79 Å². The van der Waals surface area contributed by atoms with Gasteiger partial charge in [-0.15, -0.1) is 0 Å². The Morgan fingerprint density at radius 3 is 2.83 bits per heavy atom. The first-order chi connectivity index (χ1) is 8.58. The summed E-state index contributed by atoms with van der Waals surface area (Å²) in [5, 5.41) is 6.51. The molecular formula is C15H22N2O. The second-order valence-electron chi connectivity index (χ2n) is 5.37. The van der Waals surface area contributed by atoms with Crippen LogP contribution in [0.1, 0.15) is 34.8 Å². The van der Waals surface area contributed by atoms with Gasteiger partial charge in [-0.2, -0.15) is 0 Å². The lowest BCUT2D eigenvalue weighted by atomic mass is 9.94. The Balaban J connectivity index is 2.07. The minimum absolute atomic E-state index is 0.0613. The first-order valence-corrected chi connectivity index (χ1v) is 6.67. The predicted octanol–water partition coefficient (Wildman–Crippen LogP) is 2.03. The van der Waals surface area contributed by atoms with Gasteiger partial charge in [0, 0.05) is 11.6 Å².